The van der Waals surface area contributed by atoms with E-state index in [2.05, 4.69) is 10.1 Å². The quantitative estimate of drug-likeness (QED) is 0.848. The van der Waals surface area contributed by atoms with Crippen molar-refractivity contribution in [2.24, 2.45) is 7.05 Å². The molecule has 2 aromatic rings. The van der Waals surface area contributed by atoms with Gasteiger partial charge >= 0.3 is 5.69 Å². The summed E-state index contributed by atoms with van der Waals surface area (Å²) < 4.78 is 2.77. The van der Waals surface area contributed by atoms with E-state index in [1.54, 1.807) is 24.0 Å². The lowest BCUT2D eigenvalue weighted by Gasteiger charge is -2.08. The van der Waals surface area contributed by atoms with Crippen LogP contribution in [-0.2, 0) is 20.0 Å². The first-order chi connectivity index (χ1) is 9.04. The van der Waals surface area contributed by atoms with Crippen LogP contribution in [0.15, 0.2) is 21.9 Å². The zero-order chi connectivity index (χ0) is 14.0. The van der Waals surface area contributed by atoms with E-state index in [4.69, 9.17) is 11.6 Å². The van der Waals surface area contributed by atoms with E-state index in [-0.39, 0.29) is 17.3 Å². The molecule has 0 bridgehead atoms. The number of nitrogens with one attached hydrogen (secondary N) is 1. The molecule has 0 aliphatic heterocycles. The topological polar surface area (TPSA) is 72.7 Å². The Hall–Kier alpha value is -1.82. The molecular formula is C12H15ClN4O2. The summed E-state index contributed by atoms with van der Waals surface area (Å²) in [5.41, 5.74) is 0.385. The van der Waals surface area contributed by atoms with Crippen molar-refractivity contribution in [3.8, 4) is 0 Å². The van der Waals surface area contributed by atoms with Crippen molar-refractivity contribution in [2.75, 3.05) is 0 Å². The van der Waals surface area contributed by atoms with Gasteiger partial charge in [-0.2, -0.15) is 5.10 Å². The summed E-state index contributed by atoms with van der Waals surface area (Å²) in [6.07, 6.45) is 2.95. The summed E-state index contributed by atoms with van der Waals surface area (Å²) in [5.74, 6) is 0. The molecule has 0 aliphatic rings. The van der Waals surface area contributed by atoms with Crippen LogP contribution in [0, 0.1) is 0 Å². The number of hydrogen-bond acceptors (Lipinski definition) is 3. The average molecular weight is 283 g/mol. The second-order valence-electron chi connectivity index (χ2n) is 4.31. The maximum absolute atomic E-state index is 12.3. The van der Waals surface area contributed by atoms with Crippen LogP contribution in [0.3, 0.4) is 0 Å². The van der Waals surface area contributed by atoms with Crippen molar-refractivity contribution in [1.29, 1.82) is 0 Å². The number of H-pyrrole nitrogens is 1. The summed E-state index contributed by atoms with van der Waals surface area (Å²) >= 11 is 5.91. The van der Waals surface area contributed by atoms with Gasteiger partial charge in [-0.05, 0) is 12.5 Å². The largest absolute Gasteiger partial charge is 0.329 e. The molecule has 2 heterocycles. The van der Waals surface area contributed by atoms with Crippen LogP contribution < -0.4 is 11.2 Å². The Balaban J connectivity index is 2.52. The monoisotopic (exact) mass is 282 g/mol. The van der Waals surface area contributed by atoms with Gasteiger partial charge in [-0.3, -0.25) is 19.0 Å². The molecule has 0 saturated heterocycles. The highest BCUT2D eigenvalue weighted by molar-refractivity contribution is 6.30. The van der Waals surface area contributed by atoms with E-state index in [1.807, 2.05) is 6.92 Å². The fourth-order valence-electron chi connectivity index (χ4n) is 1.91. The minimum atomic E-state index is -0.504. The summed E-state index contributed by atoms with van der Waals surface area (Å²) in [7, 11) is 1.76. The summed E-state index contributed by atoms with van der Waals surface area (Å²) in [4.78, 5) is 26.6. The molecular weight excluding hydrogens is 268 g/mol. The SMILES string of the molecule is CCCc1c(Cl)[nH]c(=O)n(Cc2ccnn2C)c1=O. The summed E-state index contributed by atoms with van der Waals surface area (Å²) in [6, 6.07) is 1.76. The Morgan fingerprint density at radius 2 is 2.16 bits per heavy atom. The number of hydrogen-bond donors (Lipinski definition) is 1. The van der Waals surface area contributed by atoms with Gasteiger partial charge in [0, 0.05) is 13.2 Å². The lowest BCUT2D eigenvalue weighted by atomic mass is 10.2. The third-order valence-electron chi connectivity index (χ3n) is 2.97. The van der Waals surface area contributed by atoms with Crippen LogP contribution in [-0.4, -0.2) is 19.3 Å². The number of rotatable bonds is 4. The molecule has 2 rings (SSSR count). The highest BCUT2D eigenvalue weighted by Gasteiger charge is 2.13. The Bertz CT molecular complexity index is 698. The van der Waals surface area contributed by atoms with E-state index in [1.165, 1.54) is 0 Å². The molecule has 7 heteroatoms. The van der Waals surface area contributed by atoms with Crippen LogP contribution in [0.2, 0.25) is 5.15 Å². The molecule has 0 aromatic carbocycles. The van der Waals surface area contributed by atoms with Gasteiger partial charge in [0.1, 0.15) is 5.15 Å². The second kappa shape index (κ2) is 5.44. The zero-order valence-corrected chi connectivity index (χ0v) is 11.6. The molecule has 0 saturated carbocycles. The molecule has 0 amide bonds. The van der Waals surface area contributed by atoms with Gasteiger partial charge in [-0.1, -0.05) is 24.9 Å². The van der Waals surface area contributed by atoms with Crippen molar-refractivity contribution < 1.29 is 0 Å². The Kier molecular flexibility index (Phi) is 3.90. The van der Waals surface area contributed by atoms with E-state index < -0.39 is 5.69 Å². The van der Waals surface area contributed by atoms with Crippen LogP contribution in [0.25, 0.3) is 0 Å². The fraction of sp³-hybridized carbons (Fsp3) is 0.417. The standard InChI is InChI=1S/C12H15ClN4O2/c1-3-4-9-10(13)15-12(19)17(11(9)18)7-8-5-6-14-16(8)2/h5-6H,3-4,7H2,1-2H3,(H,15,19). The molecule has 0 atom stereocenters. The minimum absolute atomic E-state index is 0.137. The van der Waals surface area contributed by atoms with Crippen LogP contribution in [0.4, 0.5) is 0 Å². The molecule has 1 N–H and O–H groups in total. The lowest BCUT2D eigenvalue weighted by molar-refractivity contribution is 0.621. The van der Waals surface area contributed by atoms with Gasteiger partial charge in [-0.15, -0.1) is 0 Å². The molecule has 2 aromatic heterocycles. The van der Waals surface area contributed by atoms with Crippen molar-refractivity contribution in [3.63, 3.8) is 0 Å². The molecule has 0 spiro atoms. The predicted molar refractivity (Wildman–Crippen MR) is 72.6 cm³/mol. The van der Waals surface area contributed by atoms with E-state index in [0.29, 0.717) is 12.0 Å². The maximum Gasteiger partial charge on any atom is 0.329 e. The Morgan fingerprint density at radius 1 is 1.42 bits per heavy atom. The average Bonchev–Trinajstić information content (AvgIpc) is 2.76. The van der Waals surface area contributed by atoms with E-state index >= 15 is 0 Å². The van der Waals surface area contributed by atoms with Crippen molar-refractivity contribution in [2.45, 2.75) is 26.3 Å². The van der Waals surface area contributed by atoms with Gasteiger partial charge in [0.15, 0.2) is 0 Å². The molecule has 0 unspecified atom stereocenters. The number of aromatic nitrogens is 4. The minimum Gasteiger partial charge on any atom is -0.297 e. The zero-order valence-electron chi connectivity index (χ0n) is 10.8. The molecule has 102 valence electrons. The molecule has 19 heavy (non-hydrogen) atoms. The summed E-state index contributed by atoms with van der Waals surface area (Å²) in [5, 5.41) is 4.15. The highest BCUT2D eigenvalue weighted by Crippen LogP contribution is 2.08. The van der Waals surface area contributed by atoms with Crippen LogP contribution in [0.1, 0.15) is 24.6 Å². The maximum atomic E-state index is 12.3. The van der Waals surface area contributed by atoms with Gasteiger partial charge in [0.05, 0.1) is 17.8 Å². The number of nitrogens with zero attached hydrogens (tertiary/aromatic N) is 3. The Morgan fingerprint density at radius 3 is 2.74 bits per heavy atom. The Labute approximate surface area is 114 Å². The first-order valence-corrected chi connectivity index (χ1v) is 6.40. The first-order valence-electron chi connectivity index (χ1n) is 6.03. The van der Waals surface area contributed by atoms with Gasteiger partial charge in [0.2, 0.25) is 0 Å². The van der Waals surface area contributed by atoms with Gasteiger partial charge in [-0.25, -0.2) is 4.79 Å². The third kappa shape index (κ3) is 2.63. The summed E-state index contributed by atoms with van der Waals surface area (Å²) in [6.45, 7) is 2.13. The highest BCUT2D eigenvalue weighted by atomic mass is 35.5. The second-order valence-corrected chi connectivity index (χ2v) is 4.69. The number of aromatic amines is 1. The third-order valence-corrected chi connectivity index (χ3v) is 3.30. The first kappa shape index (κ1) is 13.6. The smallest absolute Gasteiger partial charge is 0.297 e. The van der Waals surface area contributed by atoms with Gasteiger partial charge in [0.25, 0.3) is 5.56 Å². The van der Waals surface area contributed by atoms with Crippen molar-refractivity contribution in [1.82, 2.24) is 19.3 Å². The normalized spacial score (nSPS) is 10.9. The fourth-order valence-corrected chi connectivity index (χ4v) is 2.17. The van der Waals surface area contributed by atoms with Crippen LogP contribution in [0.5, 0.6) is 0 Å². The molecule has 6 nitrogen and oxygen atoms in total. The van der Waals surface area contributed by atoms with Crippen LogP contribution >= 0.6 is 11.6 Å². The molecule has 0 fully saturated rings. The predicted octanol–water partition coefficient (Wildman–Crippen LogP) is 0.924. The number of halogens is 1. The van der Waals surface area contributed by atoms with Gasteiger partial charge < -0.3 is 0 Å². The van der Waals surface area contributed by atoms with Crippen molar-refractivity contribution >= 4 is 11.6 Å². The van der Waals surface area contributed by atoms with E-state index in [0.717, 1.165) is 16.7 Å². The molecule has 0 aliphatic carbocycles. The van der Waals surface area contributed by atoms with E-state index in [9.17, 15) is 9.59 Å². The number of aryl methyl sites for hydroxylation is 1. The lowest BCUT2D eigenvalue weighted by Crippen LogP contribution is -2.38. The molecule has 0 radical (unpaired) electrons. The van der Waals surface area contributed by atoms with Crippen molar-refractivity contribution in [3.05, 3.63) is 49.5 Å².